The molecule has 0 aliphatic heterocycles. The first kappa shape index (κ1) is 25.6. The Hall–Kier alpha value is -1.45. The van der Waals surface area contributed by atoms with Gasteiger partial charge in [-0.15, -0.1) is 0 Å². The van der Waals surface area contributed by atoms with Crippen LogP contribution in [0.5, 0.6) is 0 Å². The molecule has 27 heavy (non-hydrogen) atoms. The zero-order chi connectivity index (χ0) is 21.8. The highest BCUT2D eigenvalue weighted by Crippen LogP contribution is 2.35. The van der Waals surface area contributed by atoms with E-state index in [1.165, 1.54) is 20.8 Å². The summed E-state index contributed by atoms with van der Waals surface area (Å²) < 4.78 is 75.7. The molecule has 160 valence electrons. The maximum atomic E-state index is 14.3. The summed E-state index contributed by atoms with van der Waals surface area (Å²) in [5.74, 6) is -7.31. The average Bonchev–Trinajstić information content (AvgIpc) is 2.49. The molecule has 3 atom stereocenters. The van der Waals surface area contributed by atoms with E-state index in [1.54, 1.807) is 6.92 Å². The molecule has 5 nitrogen and oxygen atoms in total. The molecule has 3 unspecified atom stereocenters. The van der Waals surface area contributed by atoms with Crippen molar-refractivity contribution in [3.05, 3.63) is 0 Å². The van der Waals surface area contributed by atoms with Gasteiger partial charge in [-0.05, 0) is 40.5 Å². The van der Waals surface area contributed by atoms with Gasteiger partial charge in [0.1, 0.15) is 6.10 Å². The fraction of sp³-hybridized carbons (Fsp3) is 0.882. The van der Waals surface area contributed by atoms with Gasteiger partial charge >= 0.3 is 24.0 Å². The number of carbonyl (C=O) groups is 2. The predicted molar refractivity (Wildman–Crippen MR) is 86.0 cm³/mol. The highest BCUT2D eigenvalue weighted by atomic mass is 19.4. The molecule has 0 aromatic carbocycles. The number of ether oxygens (including phenoxy) is 2. The van der Waals surface area contributed by atoms with Crippen molar-refractivity contribution in [1.29, 1.82) is 0 Å². The lowest BCUT2D eigenvalue weighted by Crippen LogP contribution is -2.49. The molecule has 0 aromatic heterocycles. The van der Waals surface area contributed by atoms with Crippen molar-refractivity contribution in [2.75, 3.05) is 0 Å². The van der Waals surface area contributed by atoms with E-state index in [-0.39, 0.29) is 0 Å². The fourth-order valence-corrected chi connectivity index (χ4v) is 1.96. The minimum atomic E-state index is -5.02. The third-order valence-electron chi connectivity index (χ3n) is 4.34. The largest absolute Gasteiger partial charge is 0.458 e. The number of hydrogen-bond donors (Lipinski definition) is 1. The van der Waals surface area contributed by atoms with Crippen LogP contribution in [-0.4, -0.2) is 47.0 Å². The Labute approximate surface area is 155 Å². The number of halogens is 5. The van der Waals surface area contributed by atoms with Gasteiger partial charge in [0.05, 0.1) is 5.41 Å². The van der Waals surface area contributed by atoms with Gasteiger partial charge in [0.25, 0.3) is 0 Å². The summed E-state index contributed by atoms with van der Waals surface area (Å²) in [5.41, 5.74) is -4.27. The van der Waals surface area contributed by atoms with Crippen LogP contribution < -0.4 is 0 Å². The van der Waals surface area contributed by atoms with Crippen LogP contribution in [0.15, 0.2) is 0 Å². The first-order chi connectivity index (χ1) is 11.9. The van der Waals surface area contributed by atoms with Crippen LogP contribution in [0.25, 0.3) is 0 Å². The van der Waals surface area contributed by atoms with Crippen molar-refractivity contribution in [2.24, 2.45) is 5.41 Å². The topological polar surface area (TPSA) is 72.8 Å². The van der Waals surface area contributed by atoms with Crippen LogP contribution in [0, 0.1) is 5.41 Å². The van der Waals surface area contributed by atoms with Crippen molar-refractivity contribution in [1.82, 2.24) is 0 Å². The molecule has 1 N–H and O–H groups in total. The molecule has 0 radical (unpaired) electrons. The number of esters is 2. The van der Waals surface area contributed by atoms with Crippen LogP contribution in [0.1, 0.15) is 60.8 Å². The Morgan fingerprint density at radius 3 is 1.81 bits per heavy atom. The van der Waals surface area contributed by atoms with Gasteiger partial charge in [0, 0.05) is 6.42 Å². The van der Waals surface area contributed by atoms with Crippen molar-refractivity contribution < 1.29 is 46.1 Å². The highest BCUT2D eigenvalue weighted by molar-refractivity contribution is 5.80. The average molecular weight is 406 g/mol. The van der Waals surface area contributed by atoms with Crippen molar-refractivity contribution in [3.8, 4) is 0 Å². The van der Waals surface area contributed by atoms with E-state index < -0.39 is 60.1 Å². The molecule has 0 aliphatic rings. The molecular weight excluding hydrogens is 379 g/mol. The quantitative estimate of drug-likeness (QED) is 0.463. The van der Waals surface area contributed by atoms with Crippen LogP contribution in [0.2, 0.25) is 0 Å². The third kappa shape index (κ3) is 6.58. The van der Waals surface area contributed by atoms with Gasteiger partial charge in [0.2, 0.25) is 0 Å². The highest BCUT2D eigenvalue weighted by Gasteiger charge is 2.54. The molecule has 0 saturated carbocycles. The molecule has 0 amide bonds. The molecule has 0 spiro atoms. The van der Waals surface area contributed by atoms with E-state index in [0.29, 0.717) is 13.3 Å². The molecule has 0 bridgehead atoms. The number of alkyl halides is 5. The monoisotopic (exact) mass is 406 g/mol. The van der Waals surface area contributed by atoms with Gasteiger partial charge in [-0.1, -0.05) is 13.8 Å². The molecule has 0 saturated heterocycles. The number of carbonyl (C=O) groups excluding carboxylic acids is 2. The van der Waals surface area contributed by atoms with Gasteiger partial charge in [-0.25, -0.2) is 4.79 Å². The second kappa shape index (κ2) is 8.70. The molecule has 10 heteroatoms. The molecule has 0 aromatic rings. The standard InChI is InChI=1S/C17H27F5O5/c1-7-11(27-12(23)14(4,5)8-2)16(18,19)13(24)26-10(3)9-15(6,25)17(20,21)22/h10-11,25H,7-9H2,1-6H3. The van der Waals surface area contributed by atoms with E-state index >= 15 is 0 Å². The van der Waals surface area contributed by atoms with E-state index in [0.717, 1.165) is 6.92 Å². The summed E-state index contributed by atoms with van der Waals surface area (Å²) in [4.78, 5) is 23.8. The summed E-state index contributed by atoms with van der Waals surface area (Å²) in [6.45, 7) is 7.28. The van der Waals surface area contributed by atoms with Gasteiger partial charge in [-0.2, -0.15) is 22.0 Å². The summed E-state index contributed by atoms with van der Waals surface area (Å²) in [7, 11) is 0. The molecule has 0 fully saturated rings. The lowest BCUT2D eigenvalue weighted by Gasteiger charge is -2.31. The fourth-order valence-electron chi connectivity index (χ4n) is 1.96. The molecule has 0 aliphatic carbocycles. The first-order valence-electron chi connectivity index (χ1n) is 8.51. The van der Waals surface area contributed by atoms with Crippen molar-refractivity contribution in [3.63, 3.8) is 0 Å². The lowest BCUT2D eigenvalue weighted by molar-refractivity contribution is -0.262. The first-order valence-corrected chi connectivity index (χ1v) is 8.51. The predicted octanol–water partition coefficient (Wildman–Crippen LogP) is 4.01. The number of aliphatic hydroxyl groups is 1. The smallest absolute Gasteiger partial charge is 0.417 e. The third-order valence-corrected chi connectivity index (χ3v) is 4.34. The molecule has 0 heterocycles. The van der Waals surface area contributed by atoms with Crippen LogP contribution in [0.4, 0.5) is 22.0 Å². The number of rotatable bonds is 9. The summed E-state index contributed by atoms with van der Waals surface area (Å²) in [6.07, 6.45) is -10.0. The SMILES string of the molecule is CCC(OC(=O)C(C)(C)CC)C(F)(F)C(=O)OC(C)CC(C)(O)C(F)(F)F. The van der Waals surface area contributed by atoms with Gasteiger partial charge in [0.15, 0.2) is 11.7 Å². The van der Waals surface area contributed by atoms with Crippen molar-refractivity contribution >= 4 is 11.9 Å². The second-order valence-electron chi connectivity index (χ2n) is 7.35. The summed E-state index contributed by atoms with van der Waals surface area (Å²) >= 11 is 0. The zero-order valence-electron chi connectivity index (χ0n) is 16.2. The Morgan fingerprint density at radius 1 is 0.963 bits per heavy atom. The Kier molecular flexibility index (Phi) is 8.24. The van der Waals surface area contributed by atoms with Crippen LogP contribution in [-0.2, 0) is 19.1 Å². The van der Waals surface area contributed by atoms with E-state index in [9.17, 15) is 36.6 Å². The zero-order valence-corrected chi connectivity index (χ0v) is 16.2. The minimum Gasteiger partial charge on any atom is -0.458 e. The summed E-state index contributed by atoms with van der Waals surface area (Å²) in [5, 5.41) is 9.35. The minimum absolute atomic E-state index is 0.307. The second-order valence-corrected chi connectivity index (χ2v) is 7.35. The lowest BCUT2D eigenvalue weighted by atomic mass is 9.90. The maximum absolute atomic E-state index is 14.3. The summed E-state index contributed by atoms with van der Waals surface area (Å²) in [6, 6.07) is 0. The van der Waals surface area contributed by atoms with E-state index in [1.807, 2.05) is 0 Å². The number of hydrogen-bond acceptors (Lipinski definition) is 5. The Morgan fingerprint density at radius 2 is 1.44 bits per heavy atom. The van der Waals surface area contributed by atoms with Crippen LogP contribution >= 0.6 is 0 Å². The normalized spacial score (nSPS) is 17.6. The van der Waals surface area contributed by atoms with Crippen molar-refractivity contribution in [2.45, 2.75) is 90.7 Å². The van der Waals surface area contributed by atoms with Gasteiger partial charge in [-0.3, -0.25) is 4.79 Å². The molecule has 0 rings (SSSR count). The maximum Gasteiger partial charge on any atom is 0.417 e. The Bertz CT molecular complexity index is 528. The molecular formula is C17H27F5O5. The van der Waals surface area contributed by atoms with E-state index in [2.05, 4.69) is 4.74 Å². The van der Waals surface area contributed by atoms with Crippen LogP contribution in [0.3, 0.4) is 0 Å². The van der Waals surface area contributed by atoms with Gasteiger partial charge < -0.3 is 14.6 Å². The Balaban J connectivity index is 5.16. The van der Waals surface area contributed by atoms with E-state index in [4.69, 9.17) is 4.74 Å².